The summed E-state index contributed by atoms with van der Waals surface area (Å²) in [5, 5.41) is 25.3. The summed E-state index contributed by atoms with van der Waals surface area (Å²) in [5.41, 5.74) is 1.10. The molecule has 1 heterocycles. The zero-order valence-corrected chi connectivity index (χ0v) is 11.6. The predicted octanol–water partition coefficient (Wildman–Crippen LogP) is 0.471. The van der Waals surface area contributed by atoms with Crippen LogP contribution in [0.4, 0.5) is 0 Å². The van der Waals surface area contributed by atoms with E-state index in [-0.39, 0.29) is 12.3 Å². The molecule has 1 aromatic carbocycles. The molecule has 0 aliphatic heterocycles. The van der Waals surface area contributed by atoms with Crippen LogP contribution >= 0.6 is 0 Å². The molecule has 1 aromatic heterocycles. The number of hydrogen-bond donors (Lipinski definition) is 2. The SMILES string of the molecule is O=C(O)c1cn(CCN(CCO)Cc2ccccc2)nn1. The highest BCUT2D eigenvalue weighted by atomic mass is 16.4. The zero-order valence-electron chi connectivity index (χ0n) is 11.6. The van der Waals surface area contributed by atoms with Crippen LogP contribution in [0, 0.1) is 0 Å². The van der Waals surface area contributed by atoms with Gasteiger partial charge in [-0.2, -0.15) is 0 Å². The highest BCUT2D eigenvalue weighted by Crippen LogP contribution is 2.04. The number of benzene rings is 1. The summed E-state index contributed by atoms with van der Waals surface area (Å²) in [6.45, 7) is 2.52. The van der Waals surface area contributed by atoms with Gasteiger partial charge in [-0.1, -0.05) is 35.5 Å². The molecule has 0 radical (unpaired) electrons. The number of aliphatic hydroxyl groups excluding tert-OH is 1. The fourth-order valence-electron chi connectivity index (χ4n) is 2.00. The Kier molecular flexibility index (Phi) is 5.42. The summed E-state index contributed by atoms with van der Waals surface area (Å²) < 4.78 is 1.50. The molecule has 2 aromatic rings. The van der Waals surface area contributed by atoms with Crippen LogP contribution in [0.3, 0.4) is 0 Å². The molecule has 0 saturated heterocycles. The van der Waals surface area contributed by atoms with Crippen LogP contribution < -0.4 is 0 Å². The Balaban J connectivity index is 1.91. The standard InChI is InChI=1S/C14H18N4O3/c19-9-8-17(10-12-4-2-1-3-5-12)6-7-18-11-13(14(20)21)15-16-18/h1-5,11,19H,6-10H2,(H,20,21). The third kappa shape index (κ3) is 4.66. The van der Waals surface area contributed by atoms with E-state index in [0.717, 1.165) is 12.1 Å². The minimum atomic E-state index is -1.09. The van der Waals surface area contributed by atoms with Crippen LogP contribution in [0.1, 0.15) is 16.1 Å². The Morgan fingerprint density at radius 1 is 1.24 bits per heavy atom. The molecule has 7 heteroatoms. The van der Waals surface area contributed by atoms with Crippen molar-refractivity contribution in [3.63, 3.8) is 0 Å². The van der Waals surface area contributed by atoms with E-state index in [1.807, 2.05) is 30.3 Å². The molecule has 0 amide bonds. The summed E-state index contributed by atoms with van der Waals surface area (Å²) in [7, 11) is 0. The number of rotatable bonds is 8. The van der Waals surface area contributed by atoms with Gasteiger partial charge in [0.05, 0.1) is 19.3 Å². The average Bonchev–Trinajstić information content (AvgIpc) is 2.95. The lowest BCUT2D eigenvalue weighted by Gasteiger charge is -2.21. The smallest absolute Gasteiger partial charge is 0.358 e. The average molecular weight is 290 g/mol. The second-order valence-electron chi connectivity index (χ2n) is 4.66. The second-order valence-corrected chi connectivity index (χ2v) is 4.66. The summed E-state index contributed by atoms with van der Waals surface area (Å²) in [4.78, 5) is 12.8. The van der Waals surface area contributed by atoms with Gasteiger partial charge in [-0.05, 0) is 5.56 Å². The van der Waals surface area contributed by atoms with Crippen molar-refractivity contribution in [3.05, 3.63) is 47.8 Å². The molecule has 21 heavy (non-hydrogen) atoms. The Morgan fingerprint density at radius 2 is 2.00 bits per heavy atom. The van der Waals surface area contributed by atoms with Gasteiger partial charge in [0.1, 0.15) is 0 Å². The van der Waals surface area contributed by atoms with E-state index in [9.17, 15) is 4.79 Å². The van der Waals surface area contributed by atoms with Crippen molar-refractivity contribution in [2.75, 3.05) is 19.7 Å². The van der Waals surface area contributed by atoms with Crippen molar-refractivity contribution in [2.45, 2.75) is 13.1 Å². The predicted molar refractivity (Wildman–Crippen MR) is 75.8 cm³/mol. The molecular weight excluding hydrogens is 272 g/mol. The number of aliphatic hydroxyl groups is 1. The number of carbonyl (C=O) groups is 1. The largest absolute Gasteiger partial charge is 0.476 e. The number of aromatic carboxylic acids is 1. The van der Waals surface area contributed by atoms with Gasteiger partial charge in [0.2, 0.25) is 0 Å². The topological polar surface area (TPSA) is 91.5 Å². The lowest BCUT2D eigenvalue weighted by Crippen LogP contribution is -2.30. The Morgan fingerprint density at radius 3 is 2.62 bits per heavy atom. The molecule has 0 bridgehead atoms. The van der Waals surface area contributed by atoms with Crippen LogP contribution in [0.15, 0.2) is 36.5 Å². The van der Waals surface area contributed by atoms with Gasteiger partial charge in [-0.15, -0.1) is 5.10 Å². The summed E-state index contributed by atoms with van der Waals surface area (Å²) in [6, 6.07) is 9.97. The van der Waals surface area contributed by atoms with E-state index in [1.165, 1.54) is 10.9 Å². The Bertz CT molecular complexity index is 571. The van der Waals surface area contributed by atoms with Crippen molar-refractivity contribution in [1.82, 2.24) is 19.9 Å². The van der Waals surface area contributed by atoms with Crippen LogP contribution in [-0.2, 0) is 13.1 Å². The van der Waals surface area contributed by atoms with Crippen molar-refractivity contribution in [3.8, 4) is 0 Å². The van der Waals surface area contributed by atoms with Gasteiger partial charge >= 0.3 is 5.97 Å². The maximum Gasteiger partial charge on any atom is 0.358 e. The van der Waals surface area contributed by atoms with Crippen molar-refractivity contribution < 1.29 is 15.0 Å². The first-order valence-electron chi connectivity index (χ1n) is 6.69. The lowest BCUT2D eigenvalue weighted by atomic mass is 10.2. The maximum atomic E-state index is 10.7. The molecule has 2 rings (SSSR count). The molecule has 0 spiro atoms. The Labute approximate surface area is 122 Å². The minimum Gasteiger partial charge on any atom is -0.476 e. The highest BCUT2D eigenvalue weighted by Gasteiger charge is 2.10. The second kappa shape index (κ2) is 7.51. The van der Waals surface area contributed by atoms with Gasteiger partial charge < -0.3 is 10.2 Å². The lowest BCUT2D eigenvalue weighted by molar-refractivity contribution is 0.0690. The molecule has 0 aliphatic carbocycles. The van der Waals surface area contributed by atoms with E-state index < -0.39 is 5.97 Å². The van der Waals surface area contributed by atoms with Crippen LogP contribution in [0.25, 0.3) is 0 Å². The highest BCUT2D eigenvalue weighted by molar-refractivity contribution is 5.84. The molecule has 112 valence electrons. The van der Waals surface area contributed by atoms with Crippen molar-refractivity contribution in [2.24, 2.45) is 0 Å². The minimum absolute atomic E-state index is 0.0632. The van der Waals surface area contributed by atoms with Crippen LogP contribution in [-0.4, -0.2) is 55.8 Å². The molecule has 0 atom stereocenters. The molecule has 0 unspecified atom stereocenters. The number of nitrogens with zero attached hydrogens (tertiary/aromatic N) is 4. The Hall–Kier alpha value is -2.25. The van der Waals surface area contributed by atoms with E-state index in [1.54, 1.807) is 0 Å². The number of carboxylic acid groups (broad SMARTS) is 1. The first-order valence-corrected chi connectivity index (χ1v) is 6.69. The number of hydrogen-bond acceptors (Lipinski definition) is 5. The van der Waals surface area contributed by atoms with Crippen molar-refractivity contribution >= 4 is 5.97 Å². The van der Waals surface area contributed by atoms with E-state index >= 15 is 0 Å². The van der Waals surface area contributed by atoms with Crippen LogP contribution in [0.5, 0.6) is 0 Å². The van der Waals surface area contributed by atoms with E-state index in [0.29, 0.717) is 19.6 Å². The van der Waals surface area contributed by atoms with Gasteiger partial charge in [0.25, 0.3) is 0 Å². The first kappa shape index (κ1) is 15.1. The van der Waals surface area contributed by atoms with E-state index in [2.05, 4.69) is 15.2 Å². The third-order valence-corrected chi connectivity index (χ3v) is 3.07. The molecule has 7 nitrogen and oxygen atoms in total. The molecule has 2 N–H and O–H groups in total. The third-order valence-electron chi connectivity index (χ3n) is 3.07. The van der Waals surface area contributed by atoms with Gasteiger partial charge in [0, 0.05) is 19.6 Å². The fraction of sp³-hybridized carbons (Fsp3) is 0.357. The molecule has 0 aliphatic rings. The maximum absolute atomic E-state index is 10.7. The first-order chi connectivity index (χ1) is 10.2. The fourth-order valence-corrected chi connectivity index (χ4v) is 2.00. The molecule has 0 fully saturated rings. The summed E-state index contributed by atoms with van der Waals surface area (Å²) in [5.74, 6) is -1.09. The van der Waals surface area contributed by atoms with E-state index in [4.69, 9.17) is 10.2 Å². The molecular formula is C14H18N4O3. The van der Waals surface area contributed by atoms with Crippen LogP contribution in [0.2, 0.25) is 0 Å². The number of carboxylic acids is 1. The quantitative estimate of drug-likeness (QED) is 0.734. The molecule has 0 saturated carbocycles. The zero-order chi connectivity index (χ0) is 15.1. The van der Waals surface area contributed by atoms with Crippen molar-refractivity contribution in [1.29, 1.82) is 0 Å². The normalized spacial score (nSPS) is 11.0. The van der Waals surface area contributed by atoms with Gasteiger partial charge in [0.15, 0.2) is 5.69 Å². The van der Waals surface area contributed by atoms with Gasteiger partial charge in [-0.3, -0.25) is 9.58 Å². The number of aromatic nitrogens is 3. The summed E-state index contributed by atoms with van der Waals surface area (Å²) in [6.07, 6.45) is 1.40. The monoisotopic (exact) mass is 290 g/mol. The van der Waals surface area contributed by atoms with Gasteiger partial charge in [-0.25, -0.2) is 4.79 Å². The summed E-state index contributed by atoms with van der Waals surface area (Å²) >= 11 is 0.